The Morgan fingerprint density at radius 1 is 0.952 bits per heavy atom. The summed E-state index contributed by atoms with van der Waals surface area (Å²) in [5, 5.41) is 0. The first-order valence-corrected chi connectivity index (χ1v) is 8.40. The molecule has 0 bridgehead atoms. The van der Waals surface area contributed by atoms with Crippen LogP contribution in [0.3, 0.4) is 0 Å². The van der Waals surface area contributed by atoms with Crippen molar-refractivity contribution in [2.45, 2.75) is 77.2 Å². The first-order valence-electron chi connectivity index (χ1n) is 8.40. The highest BCUT2D eigenvalue weighted by molar-refractivity contribution is 5.62. The average molecular weight is 289 g/mol. The molecule has 0 spiro atoms. The molecule has 1 atom stereocenters. The standard InChI is InChI=1S/C19H31NO/c1-3-4-5-6-7-8-9-17-10-12-18(13-11-17)14-15-19(2,20)16-21/h10-13,16H,3-9,14-15,20H2,1-2H3. The van der Waals surface area contributed by atoms with E-state index in [1.54, 1.807) is 6.92 Å². The maximum atomic E-state index is 10.8. The smallest absolute Gasteiger partial charge is 0.139 e. The normalized spacial score (nSPS) is 13.9. The van der Waals surface area contributed by atoms with Crippen molar-refractivity contribution >= 4 is 6.29 Å². The second-order valence-corrected chi connectivity index (χ2v) is 6.46. The third kappa shape index (κ3) is 8.01. The SMILES string of the molecule is CCCCCCCCc1ccc(CCC(C)(N)C=O)cc1. The summed E-state index contributed by atoms with van der Waals surface area (Å²) in [6.07, 6.45) is 11.6. The van der Waals surface area contributed by atoms with Crippen LogP contribution in [-0.4, -0.2) is 11.8 Å². The second kappa shape index (κ2) is 9.73. The minimum absolute atomic E-state index is 0.697. The van der Waals surface area contributed by atoms with E-state index in [9.17, 15) is 4.79 Å². The quantitative estimate of drug-likeness (QED) is 0.483. The van der Waals surface area contributed by atoms with Crippen LogP contribution in [0.15, 0.2) is 24.3 Å². The number of nitrogens with two attached hydrogens (primary N) is 1. The Labute approximate surface area is 130 Å². The molecule has 1 aromatic carbocycles. The molecule has 2 heteroatoms. The first kappa shape index (κ1) is 17.9. The van der Waals surface area contributed by atoms with Gasteiger partial charge in [-0.05, 0) is 43.7 Å². The first-order chi connectivity index (χ1) is 10.1. The number of aryl methyl sites for hydroxylation is 2. The summed E-state index contributed by atoms with van der Waals surface area (Å²) in [6, 6.07) is 8.78. The van der Waals surface area contributed by atoms with E-state index in [0.717, 1.165) is 12.7 Å². The lowest BCUT2D eigenvalue weighted by molar-refractivity contribution is -0.111. The lowest BCUT2D eigenvalue weighted by Crippen LogP contribution is -2.38. The predicted octanol–water partition coefficient (Wildman–Crippen LogP) is 4.44. The number of carbonyl (C=O) groups excluding carboxylic acids is 1. The van der Waals surface area contributed by atoms with Gasteiger partial charge in [-0.1, -0.05) is 63.3 Å². The van der Waals surface area contributed by atoms with Crippen molar-refractivity contribution in [1.82, 2.24) is 0 Å². The molecule has 0 saturated carbocycles. The molecule has 1 aromatic rings. The van der Waals surface area contributed by atoms with Gasteiger partial charge in [0, 0.05) is 0 Å². The number of carbonyl (C=O) groups is 1. The molecule has 0 aliphatic carbocycles. The summed E-state index contributed by atoms with van der Waals surface area (Å²) in [5.41, 5.74) is 7.82. The highest BCUT2D eigenvalue weighted by Crippen LogP contribution is 2.14. The fraction of sp³-hybridized carbons (Fsp3) is 0.632. The molecule has 0 heterocycles. The maximum absolute atomic E-state index is 10.8. The fourth-order valence-electron chi connectivity index (χ4n) is 2.45. The molecule has 0 amide bonds. The molecule has 0 aromatic heterocycles. The van der Waals surface area contributed by atoms with Gasteiger partial charge in [-0.15, -0.1) is 0 Å². The van der Waals surface area contributed by atoms with Gasteiger partial charge in [0.2, 0.25) is 0 Å². The van der Waals surface area contributed by atoms with Crippen LogP contribution in [0.5, 0.6) is 0 Å². The summed E-state index contributed by atoms with van der Waals surface area (Å²) < 4.78 is 0. The number of benzene rings is 1. The Morgan fingerprint density at radius 3 is 2.05 bits per heavy atom. The van der Waals surface area contributed by atoms with Crippen LogP contribution in [0.2, 0.25) is 0 Å². The molecule has 0 fully saturated rings. The zero-order valence-electron chi connectivity index (χ0n) is 13.7. The van der Waals surface area contributed by atoms with Crippen LogP contribution in [0.25, 0.3) is 0 Å². The lowest BCUT2D eigenvalue weighted by atomic mass is 9.95. The average Bonchev–Trinajstić information content (AvgIpc) is 2.50. The van der Waals surface area contributed by atoms with E-state index < -0.39 is 5.54 Å². The minimum Gasteiger partial charge on any atom is -0.319 e. The van der Waals surface area contributed by atoms with Crippen LogP contribution in [0.1, 0.15) is 69.9 Å². The topological polar surface area (TPSA) is 43.1 Å². The molecule has 21 heavy (non-hydrogen) atoms. The second-order valence-electron chi connectivity index (χ2n) is 6.46. The van der Waals surface area contributed by atoms with Gasteiger partial charge in [0.15, 0.2) is 0 Å². The molecule has 1 rings (SSSR count). The highest BCUT2D eigenvalue weighted by atomic mass is 16.1. The summed E-state index contributed by atoms with van der Waals surface area (Å²) >= 11 is 0. The molecule has 0 radical (unpaired) electrons. The van der Waals surface area contributed by atoms with Crippen LogP contribution < -0.4 is 5.73 Å². The zero-order chi connectivity index (χ0) is 15.6. The van der Waals surface area contributed by atoms with Crippen molar-refractivity contribution in [1.29, 1.82) is 0 Å². The van der Waals surface area contributed by atoms with Crippen molar-refractivity contribution in [2.75, 3.05) is 0 Å². The zero-order valence-corrected chi connectivity index (χ0v) is 13.7. The van der Waals surface area contributed by atoms with E-state index in [0.29, 0.717) is 6.42 Å². The summed E-state index contributed by atoms with van der Waals surface area (Å²) in [7, 11) is 0. The Hall–Kier alpha value is -1.15. The van der Waals surface area contributed by atoms with Gasteiger partial charge in [0.25, 0.3) is 0 Å². The van der Waals surface area contributed by atoms with Crippen molar-refractivity contribution in [3.63, 3.8) is 0 Å². The minimum atomic E-state index is -0.697. The molecule has 0 aliphatic heterocycles. The molecular formula is C19H31NO. The molecule has 0 saturated heterocycles. The largest absolute Gasteiger partial charge is 0.319 e. The summed E-state index contributed by atoms with van der Waals surface area (Å²) in [4.78, 5) is 10.8. The lowest BCUT2D eigenvalue weighted by Gasteiger charge is -2.16. The number of aldehydes is 1. The summed E-state index contributed by atoms with van der Waals surface area (Å²) in [6.45, 7) is 4.04. The Kier molecular flexibility index (Phi) is 8.29. The Morgan fingerprint density at radius 2 is 1.48 bits per heavy atom. The van der Waals surface area contributed by atoms with Gasteiger partial charge in [-0.3, -0.25) is 0 Å². The van der Waals surface area contributed by atoms with Gasteiger partial charge in [-0.25, -0.2) is 0 Å². The molecule has 0 aliphatic rings. The van der Waals surface area contributed by atoms with Crippen molar-refractivity contribution < 1.29 is 4.79 Å². The number of hydrogen-bond donors (Lipinski definition) is 1. The number of rotatable bonds is 11. The van der Waals surface area contributed by atoms with Gasteiger partial charge in [0.05, 0.1) is 5.54 Å². The molecule has 1 unspecified atom stereocenters. The molecule has 2 nitrogen and oxygen atoms in total. The molecular weight excluding hydrogens is 258 g/mol. The number of hydrogen-bond acceptors (Lipinski definition) is 2. The van der Waals surface area contributed by atoms with Gasteiger partial charge < -0.3 is 10.5 Å². The molecule has 118 valence electrons. The number of unbranched alkanes of at least 4 members (excludes halogenated alkanes) is 5. The van der Waals surface area contributed by atoms with Crippen molar-refractivity contribution in [3.8, 4) is 0 Å². The summed E-state index contributed by atoms with van der Waals surface area (Å²) in [5.74, 6) is 0. The van der Waals surface area contributed by atoms with E-state index in [4.69, 9.17) is 5.73 Å². The van der Waals surface area contributed by atoms with E-state index in [1.165, 1.54) is 56.1 Å². The van der Waals surface area contributed by atoms with Crippen molar-refractivity contribution in [2.24, 2.45) is 5.73 Å². The molecule has 2 N–H and O–H groups in total. The highest BCUT2D eigenvalue weighted by Gasteiger charge is 2.16. The van der Waals surface area contributed by atoms with Crippen LogP contribution >= 0.6 is 0 Å². The van der Waals surface area contributed by atoms with Crippen LogP contribution in [-0.2, 0) is 17.6 Å². The Bertz CT molecular complexity index is 395. The van der Waals surface area contributed by atoms with E-state index in [2.05, 4.69) is 31.2 Å². The fourth-order valence-corrected chi connectivity index (χ4v) is 2.45. The van der Waals surface area contributed by atoms with Crippen LogP contribution in [0, 0.1) is 0 Å². The van der Waals surface area contributed by atoms with Crippen molar-refractivity contribution in [3.05, 3.63) is 35.4 Å². The van der Waals surface area contributed by atoms with Gasteiger partial charge in [-0.2, -0.15) is 0 Å². The van der Waals surface area contributed by atoms with Gasteiger partial charge in [0.1, 0.15) is 6.29 Å². The van der Waals surface area contributed by atoms with Gasteiger partial charge >= 0.3 is 0 Å². The van der Waals surface area contributed by atoms with E-state index >= 15 is 0 Å². The van der Waals surface area contributed by atoms with Crippen LogP contribution in [0.4, 0.5) is 0 Å². The van der Waals surface area contributed by atoms with E-state index in [-0.39, 0.29) is 0 Å². The monoisotopic (exact) mass is 289 g/mol. The third-order valence-corrected chi connectivity index (χ3v) is 4.06. The predicted molar refractivity (Wildman–Crippen MR) is 90.5 cm³/mol. The third-order valence-electron chi connectivity index (χ3n) is 4.06. The maximum Gasteiger partial charge on any atom is 0.139 e. The van der Waals surface area contributed by atoms with E-state index in [1.807, 2.05) is 0 Å². The Balaban J connectivity index is 2.25.